The van der Waals surface area contributed by atoms with E-state index in [0.717, 1.165) is 44.8 Å². The molecule has 1 aromatic heterocycles. The van der Waals surface area contributed by atoms with Gasteiger partial charge in [0, 0.05) is 19.1 Å². The van der Waals surface area contributed by atoms with Gasteiger partial charge in [-0.05, 0) is 32.3 Å². The third kappa shape index (κ3) is 3.71. The van der Waals surface area contributed by atoms with Crippen LogP contribution in [0.4, 0.5) is 10.2 Å². The fourth-order valence-electron chi connectivity index (χ4n) is 2.93. The van der Waals surface area contributed by atoms with Gasteiger partial charge in [0.2, 0.25) is 0 Å². The first-order valence-corrected chi connectivity index (χ1v) is 7.87. The fraction of sp³-hybridized carbons (Fsp3) is 0.625. The zero-order valence-corrected chi connectivity index (χ0v) is 12.9. The summed E-state index contributed by atoms with van der Waals surface area (Å²) < 4.78 is 13.5. The summed E-state index contributed by atoms with van der Waals surface area (Å²) in [6.45, 7) is 5.43. The number of aromatic nitrogens is 1. The Morgan fingerprint density at radius 2 is 2.24 bits per heavy atom. The van der Waals surface area contributed by atoms with Crippen LogP contribution in [0.3, 0.4) is 0 Å². The lowest BCUT2D eigenvalue weighted by Crippen LogP contribution is -2.40. The van der Waals surface area contributed by atoms with Crippen LogP contribution in [0.5, 0.6) is 0 Å². The van der Waals surface area contributed by atoms with Crippen LogP contribution < -0.4 is 5.32 Å². The molecule has 1 unspecified atom stereocenters. The highest BCUT2D eigenvalue weighted by Gasteiger charge is 2.27. The topological polar surface area (TPSA) is 45.2 Å². The summed E-state index contributed by atoms with van der Waals surface area (Å²) in [5.41, 5.74) is 0.345. The molecule has 21 heavy (non-hydrogen) atoms. The van der Waals surface area contributed by atoms with Gasteiger partial charge in [0.05, 0.1) is 11.8 Å². The van der Waals surface area contributed by atoms with Crippen molar-refractivity contribution in [2.75, 3.05) is 18.4 Å². The van der Waals surface area contributed by atoms with Crippen LogP contribution in [-0.2, 0) is 0 Å². The molecule has 1 aliphatic rings. The first kappa shape index (κ1) is 15.7. The Morgan fingerprint density at radius 1 is 1.43 bits per heavy atom. The Balaban J connectivity index is 2.30. The highest BCUT2D eigenvalue weighted by molar-refractivity contribution is 5.99. The number of hydrogen-bond donors (Lipinski definition) is 1. The van der Waals surface area contributed by atoms with E-state index in [1.165, 1.54) is 6.07 Å². The average molecular weight is 293 g/mol. The minimum absolute atomic E-state index is 0.105. The molecule has 1 N–H and O–H groups in total. The lowest BCUT2D eigenvalue weighted by molar-refractivity contribution is 0.0678. The zero-order chi connectivity index (χ0) is 15.2. The third-order valence-electron chi connectivity index (χ3n) is 4.04. The van der Waals surface area contributed by atoms with Gasteiger partial charge in [-0.15, -0.1) is 0 Å². The normalized spacial score (nSPS) is 19.2. The van der Waals surface area contributed by atoms with Gasteiger partial charge in [0.15, 0.2) is 0 Å². The minimum Gasteiger partial charge on any atom is -0.370 e. The van der Waals surface area contributed by atoms with Crippen LogP contribution in [-0.4, -0.2) is 34.9 Å². The van der Waals surface area contributed by atoms with E-state index >= 15 is 0 Å². The molecule has 0 aromatic carbocycles. The quantitative estimate of drug-likeness (QED) is 0.925. The maximum absolute atomic E-state index is 13.5. The number of likely N-dealkylation sites (tertiary alicyclic amines) is 1. The Bertz CT molecular complexity index is 492. The number of pyridine rings is 1. The van der Waals surface area contributed by atoms with E-state index in [2.05, 4.69) is 17.2 Å². The summed E-state index contributed by atoms with van der Waals surface area (Å²) in [5, 5.41) is 3.05. The van der Waals surface area contributed by atoms with Gasteiger partial charge in [-0.2, -0.15) is 0 Å². The molecule has 1 amide bonds. The summed E-state index contributed by atoms with van der Waals surface area (Å²) in [7, 11) is 0. The largest absolute Gasteiger partial charge is 0.370 e. The molecule has 0 saturated carbocycles. The molecule has 116 valence electrons. The molecular formula is C16H24FN3O. The summed E-state index contributed by atoms with van der Waals surface area (Å²) in [4.78, 5) is 18.8. The molecule has 1 fully saturated rings. The minimum atomic E-state index is -0.470. The first-order valence-electron chi connectivity index (χ1n) is 7.87. The Kier molecular flexibility index (Phi) is 5.53. The monoisotopic (exact) mass is 293 g/mol. The van der Waals surface area contributed by atoms with E-state index in [1.54, 1.807) is 0 Å². The maximum atomic E-state index is 13.5. The van der Waals surface area contributed by atoms with E-state index in [-0.39, 0.29) is 11.9 Å². The molecule has 0 spiro atoms. The van der Waals surface area contributed by atoms with E-state index in [0.29, 0.717) is 17.9 Å². The van der Waals surface area contributed by atoms with E-state index in [1.807, 2.05) is 11.8 Å². The molecule has 1 atom stereocenters. The lowest BCUT2D eigenvalue weighted by atomic mass is 10.1. The van der Waals surface area contributed by atoms with Crippen LogP contribution in [0.2, 0.25) is 0 Å². The smallest absolute Gasteiger partial charge is 0.257 e. The van der Waals surface area contributed by atoms with Gasteiger partial charge in [-0.25, -0.2) is 9.37 Å². The van der Waals surface area contributed by atoms with Crippen LogP contribution in [0, 0.1) is 5.82 Å². The first-order chi connectivity index (χ1) is 10.2. The Hall–Kier alpha value is -1.65. The molecular weight excluding hydrogens is 269 g/mol. The van der Waals surface area contributed by atoms with Crippen molar-refractivity contribution in [3.05, 3.63) is 23.6 Å². The summed E-state index contributed by atoms with van der Waals surface area (Å²) >= 11 is 0. The standard InChI is InChI=1S/C16H24FN3O/c1-3-13-8-6-5-7-9-20(13)16(21)14-10-12(17)11-19-15(14)18-4-2/h10-11,13H,3-9H2,1-2H3,(H,18,19). The highest BCUT2D eigenvalue weighted by atomic mass is 19.1. The second kappa shape index (κ2) is 7.38. The van der Waals surface area contributed by atoms with Crippen molar-refractivity contribution in [3.63, 3.8) is 0 Å². The maximum Gasteiger partial charge on any atom is 0.257 e. The number of nitrogens with one attached hydrogen (secondary N) is 1. The Morgan fingerprint density at radius 3 is 2.95 bits per heavy atom. The molecule has 0 bridgehead atoms. The van der Waals surface area contributed by atoms with E-state index in [4.69, 9.17) is 0 Å². The SMILES string of the molecule is CCNc1ncc(F)cc1C(=O)N1CCCCCC1CC. The predicted molar refractivity (Wildman–Crippen MR) is 81.9 cm³/mol. The van der Waals surface area contributed by atoms with Crippen LogP contribution in [0.25, 0.3) is 0 Å². The molecule has 4 nitrogen and oxygen atoms in total. The number of carbonyl (C=O) groups excluding carboxylic acids is 1. The van der Waals surface area contributed by atoms with Crippen molar-refractivity contribution >= 4 is 11.7 Å². The molecule has 0 aliphatic carbocycles. The van der Waals surface area contributed by atoms with Crippen molar-refractivity contribution < 1.29 is 9.18 Å². The van der Waals surface area contributed by atoms with Gasteiger partial charge in [-0.3, -0.25) is 4.79 Å². The number of hydrogen-bond acceptors (Lipinski definition) is 3. The van der Waals surface area contributed by atoms with Crippen molar-refractivity contribution in [1.29, 1.82) is 0 Å². The Labute approximate surface area is 125 Å². The van der Waals surface area contributed by atoms with E-state index in [9.17, 15) is 9.18 Å². The molecule has 1 aromatic rings. The van der Waals surface area contributed by atoms with Gasteiger partial charge in [-0.1, -0.05) is 19.8 Å². The number of carbonyl (C=O) groups is 1. The average Bonchev–Trinajstić information content (AvgIpc) is 2.73. The summed E-state index contributed by atoms with van der Waals surface area (Å²) in [5.74, 6) is -0.0995. The molecule has 1 saturated heterocycles. The van der Waals surface area contributed by atoms with Gasteiger partial charge in [0.1, 0.15) is 11.6 Å². The second-order valence-corrected chi connectivity index (χ2v) is 5.49. The highest BCUT2D eigenvalue weighted by Crippen LogP contribution is 2.24. The molecule has 5 heteroatoms. The van der Waals surface area contributed by atoms with Crippen molar-refractivity contribution in [1.82, 2.24) is 9.88 Å². The summed E-state index contributed by atoms with van der Waals surface area (Å²) in [6, 6.07) is 1.54. The lowest BCUT2D eigenvalue weighted by Gasteiger charge is -2.30. The van der Waals surface area contributed by atoms with E-state index < -0.39 is 5.82 Å². The predicted octanol–water partition coefficient (Wildman–Crippen LogP) is 3.45. The molecule has 1 aliphatic heterocycles. The second-order valence-electron chi connectivity index (χ2n) is 5.49. The zero-order valence-electron chi connectivity index (χ0n) is 12.9. The number of amides is 1. The molecule has 2 heterocycles. The number of rotatable bonds is 4. The summed E-state index contributed by atoms with van der Waals surface area (Å²) in [6.07, 6.45) is 6.44. The van der Waals surface area contributed by atoms with Crippen LogP contribution >= 0.6 is 0 Å². The number of anilines is 1. The van der Waals surface area contributed by atoms with Crippen molar-refractivity contribution in [2.45, 2.75) is 52.0 Å². The van der Waals surface area contributed by atoms with Crippen molar-refractivity contribution in [2.24, 2.45) is 0 Å². The van der Waals surface area contributed by atoms with Gasteiger partial charge >= 0.3 is 0 Å². The third-order valence-corrected chi connectivity index (χ3v) is 4.04. The van der Waals surface area contributed by atoms with Gasteiger partial charge in [0.25, 0.3) is 5.91 Å². The molecule has 2 rings (SSSR count). The van der Waals surface area contributed by atoms with Crippen molar-refractivity contribution in [3.8, 4) is 0 Å². The fourth-order valence-corrected chi connectivity index (χ4v) is 2.93. The number of halogens is 1. The van der Waals surface area contributed by atoms with Gasteiger partial charge < -0.3 is 10.2 Å². The number of nitrogens with zero attached hydrogens (tertiary/aromatic N) is 2. The molecule has 0 radical (unpaired) electrons. The van der Waals surface area contributed by atoms with Crippen LogP contribution in [0.1, 0.15) is 56.3 Å². The van der Waals surface area contributed by atoms with Crippen LogP contribution in [0.15, 0.2) is 12.3 Å².